The number of anilines is 1. The van der Waals surface area contributed by atoms with Gasteiger partial charge in [0.25, 0.3) is 0 Å². The average molecular weight is 441 g/mol. The molecule has 0 bridgehead atoms. The molecule has 6 heteroatoms. The summed E-state index contributed by atoms with van der Waals surface area (Å²) in [6, 6.07) is 26.5. The Balaban J connectivity index is 1.68. The van der Waals surface area contributed by atoms with Gasteiger partial charge in [-0.3, -0.25) is 4.98 Å². The molecule has 2 atom stereocenters. The first-order valence-corrected chi connectivity index (χ1v) is 11.0. The van der Waals surface area contributed by atoms with Gasteiger partial charge in [0.1, 0.15) is 11.8 Å². The minimum Gasteiger partial charge on any atom is -0.495 e. The first-order valence-electron chi connectivity index (χ1n) is 10.6. The van der Waals surface area contributed by atoms with E-state index in [0.717, 1.165) is 28.5 Å². The predicted octanol–water partition coefficient (Wildman–Crippen LogP) is 5.37. The molecule has 0 radical (unpaired) electrons. The summed E-state index contributed by atoms with van der Waals surface area (Å²) in [6.07, 6.45) is 3.89. The largest absolute Gasteiger partial charge is 0.495 e. The van der Waals surface area contributed by atoms with Gasteiger partial charge in [-0.25, -0.2) is 0 Å². The van der Waals surface area contributed by atoms with Crippen molar-refractivity contribution in [2.24, 2.45) is 0 Å². The highest BCUT2D eigenvalue weighted by Gasteiger charge is 2.42. The molecule has 0 amide bonds. The zero-order valence-corrected chi connectivity index (χ0v) is 18.8. The highest BCUT2D eigenvalue weighted by molar-refractivity contribution is 7.80. The van der Waals surface area contributed by atoms with Crippen LogP contribution in [0.1, 0.15) is 29.0 Å². The Bertz CT molecular complexity index is 1240. The van der Waals surface area contributed by atoms with E-state index in [1.807, 2.05) is 42.6 Å². The first-order chi connectivity index (χ1) is 15.7. The van der Waals surface area contributed by atoms with Gasteiger partial charge >= 0.3 is 0 Å². The number of nitrogens with one attached hydrogen (secondary N) is 1. The number of thiocarbonyl (C=S) groups is 1. The van der Waals surface area contributed by atoms with Gasteiger partial charge in [0.15, 0.2) is 5.11 Å². The van der Waals surface area contributed by atoms with Crippen molar-refractivity contribution in [2.45, 2.75) is 19.0 Å². The second-order valence-electron chi connectivity index (χ2n) is 7.81. The Hall–Kier alpha value is -3.64. The van der Waals surface area contributed by atoms with Crippen LogP contribution in [0.5, 0.6) is 5.75 Å². The van der Waals surface area contributed by atoms with E-state index in [1.165, 1.54) is 5.56 Å². The van der Waals surface area contributed by atoms with E-state index in [0.29, 0.717) is 5.11 Å². The average Bonchev–Trinajstić information content (AvgIpc) is 3.44. The maximum Gasteiger partial charge on any atom is 0.174 e. The number of rotatable bonds is 5. The van der Waals surface area contributed by atoms with Crippen molar-refractivity contribution in [3.8, 4) is 11.4 Å². The SMILES string of the molecule is COc1ccccc1-n1cccc1[C@@H]1[C@H](c2ccccn2)NC(=S)N1c1ccc(C)cc1. The number of aryl methyl sites for hydroxylation is 1. The van der Waals surface area contributed by atoms with Crippen LogP contribution in [0.4, 0.5) is 5.69 Å². The fourth-order valence-corrected chi connectivity index (χ4v) is 4.67. The van der Waals surface area contributed by atoms with Crippen LogP contribution in [-0.2, 0) is 0 Å². The molecule has 3 heterocycles. The summed E-state index contributed by atoms with van der Waals surface area (Å²) in [6.45, 7) is 2.09. The lowest BCUT2D eigenvalue weighted by Crippen LogP contribution is -2.30. The van der Waals surface area contributed by atoms with Crippen molar-refractivity contribution in [1.29, 1.82) is 0 Å². The molecule has 1 aliphatic rings. The minimum absolute atomic E-state index is 0.0972. The zero-order valence-electron chi connectivity index (χ0n) is 18.0. The molecule has 0 unspecified atom stereocenters. The molecule has 5 rings (SSSR count). The normalized spacial score (nSPS) is 17.9. The van der Waals surface area contributed by atoms with E-state index in [-0.39, 0.29) is 12.1 Å². The highest BCUT2D eigenvalue weighted by Crippen LogP contribution is 2.42. The Morgan fingerprint density at radius 3 is 2.47 bits per heavy atom. The lowest BCUT2D eigenvalue weighted by atomic mass is 10.0. The van der Waals surface area contributed by atoms with Crippen molar-refractivity contribution >= 4 is 23.0 Å². The van der Waals surface area contributed by atoms with E-state index in [1.54, 1.807) is 7.11 Å². The molecule has 1 fully saturated rings. The molecular weight excluding hydrogens is 416 g/mol. The summed E-state index contributed by atoms with van der Waals surface area (Å²) in [5.41, 5.74) is 5.28. The molecular formula is C26H24N4OS. The Morgan fingerprint density at radius 2 is 1.72 bits per heavy atom. The van der Waals surface area contributed by atoms with Crippen LogP contribution in [0.2, 0.25) is 0 Å². The zero-order chi connectivity index (χ0) is 22.1. The van der Waals surface area contributed by atoms with E-state index in [4.69, 9.17) is 17.0 Å². The van der Waals surface area contributed by atoms with Crippen LogP contribution < -0.4 is 15.0 Å². The van der Waals surface area contributed by atoms with E-state index >= 15 is 0 Å². The maximum absolute atomic E-state index is 5.85. The fourth-order valence-electron chi connectivity index (χ4n) is 4.32. The Morgan fingerprint density at radius 1 is 0.938 bits per heavy atom. The van der Waals surface area contributed by atoms with Gasteiger partial charge in [-0.2, -0.15) is 0 Å². The third kappa shape index (κ3) is 3.52. The minimum atomic E-state index is -0.103. The number of hydrogen-bond acceptors (Lipinski definition) is 3. The number of benzene rings is 2. The molecule has 0 spiro atoms. The van der Waals surface area contributed by atoms with Gasteiger partial charge in [0, 0.05) is 23.8 Å². The Labute approximate surface area is 193 Å². The topological polar surface area (TPSA) is 42.3 Å². The number of pyridine rings is 1. The molecule has 1 saturated heterocycles. The number of ether oxygens (including phenoxy) is 1. The van der Waals surface area contributed by atoms with Crippen LogP contribution in [0.15, 0.2) is 91.3 Å². The maximum atomic E-state index is 5.85. The van der Waals surface area contributed by atoms with Crippen molar-refractivity contribution in [2.75, 3.05) is 12.0 Å². The molecule has 1 aliphatic heterocycles. The van der Waals surface area contributed by atoms with Crippen LogP contribution in [0.3, 0.4) is 0 Å². The molecule has 1 N–H and O–H groups in total. The van der Waals surface area contributed by atoms with E-state index in [2.05, 4.69) is 75.4 Å². The number of nitrogens with zero attached hydrogens (tertiary/aromatic N) is 3. The standard InChI is InChI=1S/C26H24N4OS/c1-18-12-14-19(15-13-18)30-25(24(28-26(30)32)20-8-5-6-16-27-20)22-10-7-17-29(22)21-9-3-4-11-23(21)31-2/h3-17,24-25H,1-2H3,(H,28,32)/t24-,25+/m0/s1. The van der Waals surface area contributed by atoms with Gasteiger partial charge in [0.2, 0.25) is 0 Å². The van der Waals surface area contributed by atoms with Gasteiger partial charge in [0.05, 0.1) is 24.5 Å². The van der Waals surface area contributed by atoms with Gasteiger partial charge in [-0.15, -0.1) is 0 Å². The van der Waals surface area contributed by atoms with Crippen LogP contribution in [-0.4, -0.2) is 21.8 Å². The van der Waals surface area contributed by atoms with Gasteiger partial charge < -0.3 is 19.5 Å². The predicted molar refractivity (Wildman–Crippen MR) is 131 cm³/mol. The van der Waals surface area contributed by atoms with E-state index in [9.17, 15) is 0 Å². The number of hydrogen-bond donors (Lipinski definition) is 1. The van der Waals surface area contributed by atoms with Crippen molar-refractivity contribution < 1.29 is 4.74 Å². The second-order valence-corrected chi connectivity index (χ2v) is 8.19. The molecule has 32 heavy (non-hydrogen) atoms. The summed E-state index contributed by atoms with van der Waals surface area (Å²) in [4.78, 5) is 6.84. The number of para-hydroxylation sites is 2. The summed E-state index contributed by atoms with van der Waals surface area (Å²) in [5, 5.41) is 4.21. The highest BCUT2D eigenvalue weighted by atomic mass is 32.1. The second kappa shape index (κ2) is 8.48. The summed E-state index contributed by atoms with van der Waals surface area (Å²) in [5.74, 6) is 0.815. The molecule has 0 aliphatic carbocycles. The van der Waals surface area contributed by atoms with Crippen LogP contribution in [0, 0.1) is 6.92 Å². The summed E-state index contributed by atoms with van der Waals surface area (Å²) < 4.78 is 7.83. The van der Waals surface area contributed by atoms with Crippen molar-refractivity contribution in [1.82, 2.24) is 14.9 Å². The smallest absolute Gasteiger partial charge is 0.174 e. The summed E-state index contributed by atoms with van der Waals surface area (Å²) >= 11 is 5.85. The lowest BCUT2D eigenvalue weighted by molar-refractivity contribution is 0.412. The van der Waals surface area contributed by atoms with E-state index < -0.39 is 0 Å². The van der Waals surface area contributed by atoms with Crippen molar-refractivity contribution in [3.05, 3.63) is 108 Å². The molecule has 4 aromatic rings. The van der Waals surface area contributed by atoms with Gasteiger partial charge in [-0.05, 0) is 67.7 Å². The first kappa shape index (κ1) is 20.3. The third-order valence-electron chi connectivity index (χ3n) is 5.84. The van der Waals surface area contributed by atoms with Gasteiger partial charge in [-0.1, -0.05) is 35.9 Å². The fraction of sp³-hybridized carbons (Fsp3) is 0.154. The molecule has 0 saturated carbocycles. The molecule has 160 valence electrons. The number of methoxy groups -OCH3 is 1. The molecule has 2 aromatic heterocycles. The lowest BCUT2D eigenvalue weighted by Gasteiger charge is -2.29. The third-order valence-corrected chi connectivity index (χ3v) is 6.15. The van der Waals surface area contributed by atoms with Crippen LogP contribution >= 0.6 is 12.2 Å². The number of aromatic nitrogens is 2. The quantitative estimate of drug-likeness (QED) is 0.423. The summed E-state index contributed by atoms with van der Waals surface area (Å²) in [7, 11) is 1.70. The molecule has 2 aromatic carbocycles. The molecule has 5 nitrogen and oxygen atoms in total. The van der Waals surface area contributed by atoms with Crippen molar-refractivity contribution in [3.63, 3.8) is 0 Å². The Kier molecular flexibility index (Phi) is 5.37. The monoisotopic (exact) mass is 440 g/mol. The van der Waals surface area contributed by atoms with Crippen LogP contribution in [0.25, 0.3) is 5.69 Å².